The second kappa shape index (κ2) is 9.83. The van der Waals surface area contributed by atoms with Crippen LogP contribution in [0.2, 0.25) is 0 Å². The van der Waals surface area contributed by atoms with Crippen molar-refractivity contribution in [1.29, 1.82) is 0 Å². The van der Waals surface area contributed by atoms with Crippen molar-refractivity contribution in [2.24, 2.45) is 5.73 Å². The Morgan fingerprint density at radius 2 is 1.47 bits per heavy atom. The first kappa shape index (κ1) is 16.8. The lowest BCUT2D eigenvalue weighted by Crippen LogP contribution is -2.43. The Morgan fingerprint density at radius 3 is 2.00 bits per heavy atom. The number of methoxy groups -OCH3 is 1. The zero-order valence-corrected chi connectivity index (χ0v) is 10.7. The third-order valence-electron chi connectivity index (χ3n) is 1.96. The Hall–Kier alpha value is -2.16. The number of carbonyl (C=O) groups excluding carboxylic acids is 4. The number of amides is 3. The summed E-state index contributed by atoms with van der Waals surface area (Å²) in [6.07, 6.45) is 0.0583. The number of nitrogens with two attached hydrogens (primary N) is 1. The van der Waals surface area contributed by atoms with Gasteiger partial charge >= 0.3 is 5.97 Å². The van der Waals surface area contributed by atoms with Crippen LogP contribution in [0, 0.1) is 0 Å². The minimum atomic E-state index is -0.509. The van der Waals surface area contributed by atoms with E-state index in [1.54, 1.807) is 0 Å². The van der Waals surface area contributed by atoms with E-state index in [1.165, 1.54) is 7.11 Å². The number of hydrogen-bond donors (Lipinski definition) is 4. The highest BCUT2D eigenvalue weighted by molar-refractivity contribution is 5.88. The molecule has 0 rings (SSSR count). The van der Waals surface area contributed by atoms with Gasteiger partial charge in [-0.15, -0.1) is 0 Å². The Balaban J connectivity index is 3.64. The summed E-state index contributed by atoms with van der Waals surface area (Å²) in [5.41, 5.74) is 5.03. The van der Waals surface area contributed by atoms with E-state index < -0.39 is 23.7 Å². The molecule has 0 aromatic carbocycles. The van der Waals surface area contributed by atoms with Gasteiger partial charge in [0.2, 0.25) is 17.7 Å². The van der Waals surface area contributed by atoms with Crippen LogP contribution in [0.25, 0.3) is 0 Å². The van der Waals surface area contributed by atoms with Gasteiger partial charge in [-0.1, -0.05) is 0 Å². The fourth-order valence-electron chi connectivity index (χ4n) is 0.961. The van der Waals surface area contributed by atoms with Gasteiger partial charge in [0.15, 0.2) is 0 Å². The summed E-state index contributed by atoms with van der Waals surface area (Å²) in [7, 11) is 1.25. The van der Waals surface area contributed by atoms with Crippen molar-refractivity contribution >= 4 is 23.7 Å². The van der Waals surface area contributed by atoms with Gasteiger partial charge in [0.25, 0.3) is 0 Å². The summed E-state index contributed by atoms with van der Waals surface area (Å²) in [6, 6.07) is 0. The van der Waals surface area contributed by atoms with Crippen molar-refractivity contribution in [3.63, 3.8) is 0 Å². The first-order valence-corrected chi connectivity index (χ1v) is 5.56. The fourth-order valence-corrected chi connectivity index (χ4v) is 0.961. The molecule has 0 aliphatic heterocycles. The maximum Gasteiger partial charge on any atom is 0.307 e. The smallest absolute Gasteiger partial charge is 0.307 e. The molecule has 9 nitrogen and oxygen atoms in total. The van der Waals surface area contributed by atoms with Crippen molar-refractivity contribution in [3.8, 4) is 0 Å². The third kappa shape index (κ3) is 9.53. The Morgan fingerprint density at radius 1 is 0.947 bits per heavy atom. The Bertz CT molecular complexity index is 345. The van der Waals surface area contributed by atoms with E-state index >= 15 is 0 Å². The summed E-state index contributed by atoms with van der Waals surface area (Å²) in [6.45, 7) is -0.559. The maximum atomic E-state index is 11.2. The second-order valence-corrected chi connectivity index (χ2v) is 3.43. The topological polar surface area (TPSA) is 140 Å². The highest BCUT2D eigenvalue weighted by Gasteiger charge is 2.07. The van der Waals surface area contributed by atoms with Gasteiger partial charge in [0.05, 0.1) is 33.2 Å². The summed E-state index contributed by atoms with van der Waals surface area (Å²) in [4.78, 5) is 43.9. The second-order valence-electron chi connectivity index (χ2n) is 3.43. The van der Waals surface area contributed by atoms with Gasteiger partial charge in [0, 0.05) is 6.54 Å². The molecule has 0 spiro atoms. The molecular weight excluding hydrogens is 256 g/mol. The van der Waals surface area contributed by atoms with Crippen LogP contribution in [-0.4, -0.2) is 57.0 Å². The van der Waals surface area contributed by atoms with Crippen LogP contribution in [0.5, 0.6) is 0 Å². The molecule has 0 atom stereocenters. The van der Waals surface area contributed by atoms with Gasteiger partial charge in [-0.3, -0.25) is 19.2 Å². The molecule has 0 radical (unpaired) electrons. The van der Waals surface area contributed by atoms with E-state index in [9.17, 15) is 19.2 Å². The zero-order chi connectivity index (χ0) is 14.7. The predicted octanol–water partition coefficient (Wildman–Crippen LogP) is -3.14. The quantitative estimate of drug-likeness (QED) is 0.345. The van der Waals surface area contributed by atoms with Crippen molar-refractivity contribution in [2.75, 3.05) is 33.3 Å². The van der Waals surface area contributed by atoms with Crippen LogP contribution in [0.1, 0.15) is 6.42 Å². The molecule has 19 heavy (non-hydrogen) atoms. The molecule has 0 unspecified atom stereocenters. The molecule has 0 heterocycles. The number of hydrogen-bond acceptors (Lipinski definition) is 6. The van der Waals surface area contributed by atoms with Crippen LogP contribution in [0.3, 0.4) is 0 Å². The van der Waals surface area contributed by atoms with Crippen LogP contribution in [-0.2, 0) is 23.9 Å². The first-order valence-electron chi connectivity index (χ1n) is 5.56. The van der Waals surface area contributed by atoms with Gasteiger partial charge in [-0.05, 0) is 0 Å². The van der Waals surface area contributed by atoms with E-state index in [1.807, 2.05) is 0 Å². The lowest BCUT2D eigenvalue weighted by Gasteiger charge is -2.07. The highest BCUT2D eigenvalue weighted by atomic mass is 16.5. The molecule has 9 heteroatoms. The molecule has 0 fully saturated rings. The molecule has 0 aliphatic rings. The van der Waals surface area contributed by atoms with Gasteiger partial charge < -0.3 is 26.4 Å². The largest absolute Gasteiger partial charge is 0.469 e. The van der Waals surface area contributed by atoms with Crippen molar-refractivity contribution in [2.45, 2.75) is 6.42 Å². The van der Waals surface area contributed by atoms with E-state index in [4.69, 9.17) is 5.73 Å². The minimum Gasteiger partial charge on any atom is -0.469 e. The molecule has 0 aliphatic carbocycles. The predicted molar refractivity (Wildman–Crippen MR) is 64.7 cm³/mol. The molecular formula is C10H18N4O5. The average molecular weight is 274 g/mol. The monoisotopic (exact) mass is 274 g/mol. The maximum absolute atomic E-state index is 11.2. The summed E-state index contributed by atoms with van der Waals surface area (Å²) in [5.74, 6) is -1.85. The van der Waals surface area contributed by atoms with Crippen LogP contribution < -0.4 is 21.7 Å². The Kier molecular flexibility index (Phi) is 8.71. The van der Waals surface area contributed by atoms with E-state index in [-0.39, 0.29) is 32.6 Å². The number of ether oxygens (including phenoxy) is 1. The SMILES string of the molecule is COC(=O)CCNC(=O)CNC(=O)CNC(=O)CN. The lowest BCUT2D eigenvalue weighted by atomic mass is 10.4. The molecule has 0 bridgehead atoms. The number of esters is 1. The summed E-state index contributed by atoms with van der Waals surface area (Å²) in [5, 5.41) is 6.96. The molecule has 108 valence electrons. The van der Waals surface area contributed by atoms with Crippen molar-refractivity contribution < 1.29 is 23.9 Å². The van der Waals surface area contributed by atoms with Crippen molar-refractivity contribution in [1.82, 2.24) is 16.0 Å². The molecule has 0 aromatic heterocycles. The summed E-state index contributed by atoms with van der Waals surface area (Å²) < 4.78 is 4.38. The van der Waals surface area contributed by atoms with E-state index in [0.29, 0.717) is 0 Å². The van der Waals surface area contributed by atoms with Gasteiger partial charge in [-0.2, -0.15) is 0 Å². The Labute approximate surface area is 110 Å². The molecule has 0 saturated heterocycles. The highest BCUT2D eigenvalue weighted by Crippen LogP contribution is 1.80. The van der Waals surface area contributed by atoms with E-state index in [2.05, 4.69) is 20.7 Å². The average Bonchev–Trinajstić information content (AvgIpc) is 2.41. The van der Waals surface area contributed by atoms with Crippen LogP contribution in [0.4, 0.5) is 0 Å². The standard InChI is InChI=1S/C10H18N4O5/c1-19-10(18)2-3-12-8(16)5-14-9(17)6-13-7(15)4-11/h2-6,11H2,1H3,(H,12,16)(H,13,15)(H,14,17). The fraction of sp³-hybridized carbons (Fsp3) is 0.600. The number of rotatable bonds is 8. The lowest BCUT2D eigenvalue weighted by molar-refractivity contribution is -0.140. The molecule has 0 aromatic rings. The number of nitrogens with one attached hydrogen (secondary N) is 3. The van der Waals surface area contributed by atoms with Crippen LogP contribution >= 0.6 is 0 Å². The van der Waals surface area contributed by atoms with E-state index in [0.717, 1.165) is 0 Å². The number of carbonyl (C=O) groups is 4. The molecule has 3 amide bonds. The van der Waals surface area contributed by atoms with Gasteiger partial charge in [-0.25, -0.2) is 0 Å². The first-order chi connectivity index (χ1) is 8.99. The van der Waals surface area contributed by atoms with Crippen molar-refractivity contribution in [3.05, 3.63) is 0 Å². The normalized spacial score (nSPS) is 9.37. The minimum absolute atomic E-state index is 0.0583. The van der Waals surface area contributed by atoms with Gasteiger partial charge in [0.1, 0.15) is 0 Å². The zero-order valence-electron chi connectivity index (χ0n) is 10.7. The third-order valence-corrected chi connectivity index (χ3v) is 1.96. The summed E-state index contributed by atoms with van der Waals surface area (Å²) >= 11 is 0. The molecule has 5 N–H and O–H groups in total. The molecule has 0 saturated carbocycles. The van der Waals surface area contributed by atoms with Crippen LogP contribution in [0.15, 0.2) is 0 Å².